The lowest BCUT2D eigenvalue weighted by molar-refractivity contribution is -0.142. The van der Waals surface area contributed by atoms with Crippen molar-refractivity contribution in [2.24, 2.45) is 5.10 Å². The average Bonchev–Trinajstić information content (AvgIpc) is 3.24. The minimum atomic E-state index is -4.36. The first-order valence-electron chi connectivity index (χ1n) is 7.55. The van der Waals surface area contributed by atoms with E-state index in [1.165, 1.54) is 18.3 Å². The number of aromatic amines is 1. The van der Waals surface area contributed by atoms with Crippen LogP contribution in [-0.2, 0) is 6.54 Å². The molecule has 2 heterocycles. The van der Waals surface area contributed by atoms with Gasteiger partial charge in [-0.05, 0) is 24.3 Å². The van der Waals surface area contributed by atoms with Gasteiger partial charge >= 0.3 is 6.18 Å². The molecule has 0 bridgehead atoms. The first-order chi connectivity index (χ1) is 12.8. The number of hydrogen-bond donors (Lipinski definition) is 2. The number of H-pyrrole nitrogens is 1. The lowest BCUT2D eigenvalue weighted by Crippen LogP contribution is -2.19. The normalized spacial score (nSPS) is 11.9. The number of alkyl halides is 3. The maximum absolute atomic E-state index is 12.3. The van der Waals surface area contributed by atoms with Crippen LogP contribution in [0.5, 0.6) is 0 Å². The third kappa shape index (κ3) is 5.17. The average molecular weight is 397 g/mol. The van der Waals surface area contributed by atoms with Gasteiger partial charge in [-0.25, -0.2) is 5.43 Å². The van der Waals surface area contributed by atoms with E-state index >= 15 is 0 Å². The fourth-order valence-corrected chi connectivity index (χ4v) is 2.27. The molecule has 2 N–H and O–H groups in total. The number of nitrogens with zero attached hydrogens (tertiary/aromatic N) is 4. The lowest BCUT2D eigenvalue weighted by atomic mass is 10.1. The van der Waals surface area contributed by atoms with Gasteiger partial charge in [-0.3, -0.25) is 14.6 Å². The van der Waals surface area contributed by atoms with Crippen LogP contribution in [0.1, 0.15) is 16.2 Å². The van der Waals surface area contributed by atoms with E-state index in [0.29, 0.717) is 10.7 Å². The van der Waals surface area contributed by atoms with Crippen molar-refractivity contribution in [2.45, 2.75) is 12.7 Å². The maximum Gasteiger partial charge on any atom is 0.408 e. The summed E-state index contributed by atoms with van der Waals surface area (Å²) >= 11 is 5.83. The number of nitrogens with one attached hydrogen (secondary N) is 2. The Balaban J connectivity index is 1.59. The van der Waals surface area contributed by atoms with E-state index in [9.17, 15) is 18.0 Å². The highest BCUT2D eigenvalue weighted by Gasteiger charge is 2.28. The van der Waals surface area contributed by atoms with Crippen LogP contribution in [-0.4, -0.2) is 38.3 Å². The second kappa shape index (κ2) is 7.62. The van der Waals surface area contributed by atoms with Crippen LogP contribution in [0.15, 0.2) is 47.7 Å². The predicted molar refractivity (Wildman–Crippen MR) is 92.4 cm³/mol. The molecule has 11 heteroatoms. The second-order valence-corrected chi connectivity index (χ2v) is 5.86. The maximum atomic E-state index is 12.3. The number of hydrazone groups is 1. The molecule has 2 aromatic heterocycles. The summed E-state index contributed by atoms with van der Waals surface area (Å²) in [5, 5.41) is 14.6. The van der Waals surface area contributed by atoms with Crippen LogP contribution in [0.2, 0.25) is 5.02 Å². The van der Waals surface area contributed by atoms with Gasteiger partial charge in [0.2, 0.25) is 0 Å². The third-order valence-electron chi connectivity index (χ3n) is 3.33. The lowest BCUT2D eigenvalue weighted by Gasteiger charge is -2.04. The summed E-state index contributed by atoms with van der Waals surface area (Å²) in [6, 6.07) is 9.80. The van der Waals surface area contributed by atoms with E-state index in [-0.39, 0.29) is 11.4 Å². The van der Waals surface area contributed by atoms with Crippen molar-refractivity contribution in [3.8, 4) is 11.3 Å². The van der Waals surface area contributed by atoms with E-state index in [4.69, 9.17) is 11.6 Å². The van der Waals surface area contributed by atoms with Gasteiger partial charge in [0, 0.05) is 16.8 Å². The van der Waals surface area contributed by atoms with Crippen molar-refractivity contribution < 1.29 is 18.0 Å². The SMILES string of the molecule is O=C(N/N=C\c1ccn(CC(F)(F)F)n1)c1cc(-c2ccc(Cl)cc2)n[nH]1. The fraction of sp³-hybridized carbons (Fsp3) is 0.125. The van der Waals surface area contributed by atoms with Crippen molar-refractivity contribution in [1.29, 1.82) is 0 Å². The Morgan fingerprint density at radius 2 is 2.04 bits per heavy atom. The Morgan fingerprint density at radius 1 is 1.30 bits per heavy atom. The summed E-state index contributed by atoms with van der Waals surface area (Å²) in [5.74, 6) is -0.561. The number of rotatable bonds is 5. The summed E-state index contributed by atoms with van der Waals surface area (Å²) in [6.45, 7) is -1.20. The van der Waals surface area contributed by atoms with Crippen LogP contribution >= 0.6 is 11.6 Å². The Labute approximate surface area is 155 Å². The molecular weight excluding hydrogens is 385 g/mol. The predicted octanol–water partition coefficient (Wildman–Crippen LogP) is 3.25. The quantitative estimate of drug-likeness (QED) is 0.512. The number of aromatic nitrogens is 4. The summed E-state index contributed by atoms with van der Waals surface area (Å²) in [5.41, 5.74) is 3.90. The van der Waals surface area contributed by atoms with Crippen LogP contribution in [0.4, 0.5) is 13.2 Å². The highest BCUT2D eigenvalue weighted by molar-refractivity contribution is 6.30. The number of hydrogen-bond acceptors (Lipinski definition) is 4. The zero-order valence-corrected chi connectivity index (χ0v) is 14.3. The number of amides is 1. The molecule has 3 rings (SSSR count). The molecule has 1 aromatic carbocycles. The molecule has 0 spiro atoms. The molecule has 0 aliphatic rings. The van der Waals surface area contributed by atoms with Gasteiger partial charge in [0.1, 0.15) is 17.9 Å². The minimum absolute atomic E-state index is 0.166. The largest absolute Gasteiger partial charge is 0.408 e. The van der Waals surface area contributed by atoms with E-state index < -0.39 is 18.6 Å². The molecule has 0 radical (unpaired) electrons. The highest BCUT2D eigenvalue weighted by atomic mass is 35.5. The van der Waals surface area contributed by atoms with Crippen molar-refractivity contribution >= 4 is 23.7 Å². The molecular formula is C16H12ClF3N6O. The number of halogens is 4. The van der Waals surface area contributed by atoms with Crippen LogP contribution < -0.4 is 5.43 Å². The van der Waals surface area contributed by atoms with Gasteiger partial charge in [0.05, 0.1) is 11.9 Å². The number of carbonyl (C=O) groups is 1. The first-order valence-corrected chi connectivity index (χ1v) is 7.93. The van der Waals surface area contributed by atoms with E-state index in [2.05, 4.69) is 25.8 Å². The van der Waals surface area contributed by atoms with E-state index in [0.717, 1.165) is 16.5 Å². The standard InChI is InChI=1S/C16H12ClF3N6O/c17-11-3-1-10(2-4-11)13-7-14(23-22-13)15(27)24-21-8-12-5-6-26(25-12)9-16(18,19)20/h1-8H,9H2,(H,22,23)(H,24,27)/b21-8-. The number of benzene rings is 1. The molecule has 7 nitrogen and oxygen atoms in total. The Morgan fingerprint density at radius 3 is 2.74 bits per heavy atom. The molecule has 0 saturated heterocycles. The topological polar surface area (TPSA) is 88.0 Å². The van der Waals surface area contributed by atoms with Crippen LogP contribution in [0, 0.1) is 0 Å². The Hall–Kier alpha value is -3.14. The molecule has 0 atom stereocenters. The van der Waals surface area contributed by atoms with Crippen molar-refractivity contribution in [3.63, 3.8) is 0 Å². The summed E-state index contributed by atoms with van der Waals surface area (Å²) < 4.78 is 37.6. The van der Waals surface area contributed by atoms with E-state index in [1.807, 2.05) is 0 Å². The third-order valence-corrected chi connectivity index (χ3v) is 3.58. The van der Waals surface area contributed by atoms with Gasteiger partial charge in [-0.15, -0.1) is 0 Å². The molecule has 0 unspecified atom stereocenters. The molecule has 0 saturated carbocycles. The molecule has 3 aromatic rings. The van der Waals surface area contributed by atoms with Crippen molar-refractivity contribution in [1.82, 2.24) is 25.4 Å². The van der Waals surface area contributed by atoms with Crippen molar-refractivity contribution in [2.75, 3.05) is 0 Å². The fourth-order valence-electron chi connectivity index (χ4n) is 2.14. The summed E-state index contributed by atoms with van der Waals surface area (Å²) in [6.07, 6.45) is -2.05. The Bertz CT molecular complexity index is 961. The Kier molecular flexibility index (Phi) is 5.26. The van der Waals surface area contributed by atoms with Crippen LogP contribution in [0.25, 0.3) is 11.3 Å². The minimum Gasteiger partial charge on any atom is -0.272 e. The van der Waals surface area contributed by atoms with Crippen molar-refractivity contribution in [3.05, 3.63) is 59.0 Å². The molecule has 27 heavy (non-hydrogen) atoms. The zero-order valence-electron chi connectivity index (χ0n) is 13.5. The van der Waals surface area contributed by atoms with Crippen LogP contribution in [0.3, 0.4) is 0 Å². The van der Waals surface area contributed by atoms with Gasteiger partial charge in [0.15, 0.2) is 0 Å². The molecule has 140 valence electrons. The zero-order chi connectivity index (χ0) is 19.4. The monoisotopic (exact) mass is 396 g/mol. The van der Waals surface area contributed by atoms with Gasteiger partial charge in [0.25, 0.3) is 5.91 Å². The number of carbonyl (C=O) groups excluding carboxylic acids is 1. The molecule has 0 aliphatic carbocycles. The highest BCUT2D eigenvalue weighted by Crippen LogP contribution is 2.20. The molecule has 0 fully saturated rings. The smallest absolute Gasteiger partial charge is 0.272 e. The van der Waals surface area contributed by atoms with Gasteiger partial charge in [-0.2, -0.15) is 28.5 Å². The molecule has 0 aliphatic heterocycles. The first kappa shape index (κ1) is 18.6. The summed E-state index contributed by atoms with van der Waals surface area (Å²) in [4.78, 5) is 12.0. The molecule has 1 amide bonds. The van der Waals surface area contributed by atoms with E-state index in [1.54, 1.807) is 24.3 Å². The second-order valence-electron chi connectivity index (χ2n) is 5.43. The summed E-state index contributed by atoms with van der Waals surface area (Å²) in [7, 11) is 0. The van der Waals surface area contributed by atoms with Gasteiger partial charge < -0.3 is 0 Å². The van der Waals surface area contributed by atoms with Gasteiger partial charge in [-0.1, -0.05) is 23.7 Å².